The van der Waals surface area contributed by atoms with Crippen LogP contribution in [0.4, 0.5) is 0 Å². The highest BCUT2D eigenvalue weighted by Gasteiger charge is 2.35. The van der Waals surface area contributed by atoms with Gasteiger partial charge in [-0.1, -0.05) is 0 Å². The van der Waals surface area contributed by atoms with E-state index in [2.05, 4.69) is 0 Å². The summed E-state index contributed by atoms with van der Waals surface area (Å²) in [5, 5.41) is 18.7. The number of carbonyl (C=O) groups is 2. The maximum absolute atomic E-state index is 11.2. The Labute approximate surface area is 83.9 Å². The fourth-order valence-corrected chi connectivity index (χ4v) is 1.79. The van der Waals surface area contributed by atoms with Gasteiger partial charge in [0.1, 0.15) is 11.6 Å². The van der Waals surface area contributed by atoms with Gasteiger partial charge in [0.05, 0.1) is 24.0 Å². The van der Waals surface area contributed by atoms with E-state index < -0.39 is 24.0 Å². The van der Waals surface area contributed by atoms with Crippen LogP contribution in [0.5, 0.6) is 0 Å². The maximum atomic E-state index is 11.2. The molecule has 0 aliphatic carbocycles. The first-order chi connectivity index (χ1) is 6.29. The predicted octanol–water partition coefficient (Wildman–Crippen LogP) is 0.158. The molecular weight excluding hydrogens is 184 g/mol. The smallest absolute Gasteiger partial charge is 0.136 e. The largest absolute Gasteiger partial charge is 0.393 e. The number of ketones is 2. The van der Waals surface area contributed by atoms with Crippen LogP contribution in [-0.4, -0.2) is 34.0 Å². The number of aliphatic hydroxyl groups is 2. The maximum Gasteiger partial charge on any atom is 0.136 e. The summed E-state index contributed by atoms with van der Waals surface area (Å²) >= 11 is 0. The molecule has 0 heterocycles. The number of hydrogen-bond donors (Lipinski definition) is 2. The lowest BCUT2D eigenvalue weighted by Gasteiger charge is -2.27. The van der Waals surface area contributed by atoms with E-state index in [1.54, 1.807) is 0 Å². The molecular formula is C10H18O4. The van der Waals surface area contributed by atoms with E-state index in [-0.39, 0.29) is 11.6 Å². The number of carbonyl (C=O) groups excluding carboxylic acids is 2. The van der Waals surface area contributed by atoms with Crippen LogP contribution in [0.3, 0.4) is 0 Å². The monoisotopic (exact) mass is 202 g/mol. The summed E-state index contributed by atoms with van der Waals surface area (Å²) in [5.41, 5.74) is 0. The fraction of sp³-hybridized carbons (Fsp3) is 0.800. The zero-order chi connectivity index (χ0) is 11.5. The predicted molar refractivity (Wildman–Crippen MR) is 51.7 cm³/mol. The SMILES string of the molecule is CC(=O)C(C(C)O)C(C(C)=O)C(C)O. The first kappa shape index (κ1) is 13.3. The quantitative estimate of drug-likeness (QED) is 0.666. The Hall–Kier alpha value is -0.740. The molecule has 2 N–H and O–H groups in total. The van der Waals surface area contributed by atoms with E-state index in [4.69, 9.17) is 0 Å². The van der Waals surface area contributed by atoms with Crippen LogP contribution in [0.25, 0.3) is 0 Å². The van der Waals surface area contributed by atoms with E-state index in [0.29, 0.717) is 0 Å². The van der Waals surface area contributed by atoms with Crippen molar-refractivity contribution < 1.29 is 19.8 Å². The van der Waals surface area contributed by atoms with Crippen LogP contribution in [0, 0.1) is 11.8 Å². The summed E-state index contributed by atoms with van der Waals surface area (Å²) in [6.45, 7) is 5.53. The molecule has 0 amide bonds. The normalized spacial score (nSPS) is 19.6. The molecule has 0 spiro atoms. The van der Waals surface area contributed by atoms with E-state index in [0.717, 1.165) is 0 Å². The van der Waals surface area contributed by atoms with Crippen molar-refractivity contribution in [3.05, 3.63) is 0 Å². The third-order valence-electron chi connectivity index (χ3n) is 2.37. The minimum absolute atomic E-state index is 0.277. The highest BCUT2D eigenvalue weighted by molar-refractivity contribution is 5.88. The Morgan fingerprint density at radius 1 is 0.857 bits per heavy atom. The Balaban J connectivity index is 4.93. The lowest BCUT2D eigenvalue weighted by molar-refractivity contribution is -0.138. The van der Waals surface area contributed by atoms with Gasteiger partial charge in [0.15, 0.2) is 0 Å². The first-order valence-corrected chi connectivity index (χ1v) is 4.66. The summed E-state index contributed by atoms with van der Waals surface area (Å²) in [6, 6.07) is 0. The summed E-state index contributed by atoms with van der Waals surface area (Å²) < 4.78 is 0. The van der Waals surface area contributed by atoms with Crippen LogP contribution in [0.1, 0.15) is 27.7 Å². The molecule has 14 heavy (non-hydrogen) atoms. The van der Waals surface area contributed by atoms with Crippen LogP contribution in [0.15, 0.2) is 0 Å². The average molecular weight is 202 g/mol. The number of aliphatic hydroxyl groups excluding tert-OH is 2. The Morgan fingerprint density at radius 2 is 1.07 bits per heavy atom. The van der Waals surface area contributed by atoms with Crippen molar-refractivity contribution in [2.75, 3.05) is 0 Å². The molecule has 4 nitrogen and oxygen atoms in total. The van der Waals surface area contributed by atoms with Gasteiger partial charge in [-0.05, 0) is 27.7 Å². The van der Waals surface area contributed by atoms with E-state index in [9.17, 15) is 19.8 Å². The van der Waals surface area contributed by atoms with Gasteiger partial charge in [0.25, 0.3) is 0 Å². The van der Waals surface area contributed by atoms with Crippen molar-refractivity contribution in [1.82, 2.24) is 0 Å². The molecule has 82 valence electrons. The Morgan fingerprint density at radius 3 is 1.14 bits per heavy atom. The summed E-state index contributed by atoms with van der Waals surface area (Å²) in [7, 11) is 0. The van der Waals surface area contributed by atoms with Gasteiger partial charge >= 0.3 is 0 Å². The van der Waals surface area contributed by atoms with E-state index in [1.807, 2.05) is 0 Å². The Kier molecular flexibility index (Phi) is 4.94. The summed E-state index contributed by atoms with van der Waals surface area (Å²) in [6.07, 6.45) is -1.84. The number of hydrogen-bond acceptors (Lipinski definition) is 4. The van der Waals surface area contributed by atoms with Crippen LogP contribution in [-0.2, 0) is 9.59 Å². The number of Topliss-reactive ketones (excluding diaryl/α,β-unsaturated/α-hetero) is 2. The molecule has 0 aliphatic rings. The molecule has 0 rings (SSSR count). The van der Waals surface area contributed by atoms with Crippen LogP contribution < -0.4 is 0 Å². The second kappa shape index (κ2) is 5.22. The molecule has 0 aromatic rings. The highest BCUT2D eigenvalue weighted by atomic mass is 16.3. The van der Waals surface area contributed by atoms with Gasteiger partial charge in [-0.2, -0.15) is 0 Å². The molecule has 0 bridgehead atoms. The fourth-order valence-electron chi connectivity index (χ4n) is 1.79. The molecule has 0 aliphatic heterocycles. The highest BCUT2D eigenvalue weighted by Crippen LogP contribution is 2.22. The molecule has 0 saturated carbocycles. The van der Waals surface area contributed by atoms with Crippen LogP contribution in [0.2, 0.25) is 0 Å². The molecule has 4 unspecified atom stereocenters. The second-order valence-corrected chi connectivity index (χ2v) is 3.75. The van der Waals surface area contributed by atoms with E-state index >= 15 is 0 Å². The molecule has 0 aromatic carbocycles. The van der Waals surface area contributed by atoms with Gasteiger partial charge in [0.2, 0.25) is 0 Å². The molecule has 0 radical (unpaired) electrons. The van der Waals surface area contributed by atoms with Crippen molar-refractivity contribution in [3.63, 3.8) is 0 Å². The van der Waals surface area contributed by atoms with Gasteiger partial charge in [-0.3, -0.25) is 9.59 Å². The topological polar surface area (TPSA) is 74.6 Å². The van der Waals surface area contributed by atoms with Crippen molar-refractivity contribution >= 4 is 11.6 Å². The molecule has 0 aromatic heterocycles. The molecule has 0 fully saturated rings. The average Bonchev–Trinajstić information content (AvgIpc) is 1.96. The van der Waals surface area contributed by atoms with Crippen molar-refractivity contribution in [2.45, 2.75) is 39.9 Å². The lowest BCUT2D eigenvalue weighted by atomic mass is 9.80. The second-order valence-electron chi connectivity index (χ2n) is 3.75. The van der Waals surface area contributed by atoms with Gasteiger partial charge in [-0.15, -0.1) is 0 Å². The van der Waals surface area contributed by atoms with Crippen molar-refractivity contribution in [1.29, 1.82) is 0 Å². The third kappa shape index (κ3) is 3.20. The standard InChI is InChI=1S/C10H18O4/c1-5(11)9(6(2)12)10(7(3)13)8(4)14/h5,7,9-11,13H,1-4H3. The molecule has 4 heteroatoms. The summed E-state index contributed by atoms with van der Waals surface area (Å²) in [4.78, 5) is 22.4. The molecule has 0 saturated heterocycles. The van der Waals surface area contributed by atoms with Gasteiger partial charge in [0, 0.05) is 0 Å². The lowest BCUT2D eigenvalue weighted by Crippen LogP contribution is -2.41. The first-order valence-electron chi connectivity index (χ1n) is 4.66. The Bertz CT molecular complexity index is 196. The summed E-state index contributed by atoms with van der Waals surface area (Å²) in [5.74, 6) is -2.18. The van der Waals surface area contributed by atoms with Crippen molar-refractivity contribution in [2.24, 2.45) is 11.8 Å². The third-order valence-corrected chi connectivity index (χ3v) is 2.37. The van der Waals surface area contributed by atoms with E-state index in [1.165, 1.54) is 27.7 Å². The van der Waals surface area contributed by atoms with Gasteiger partial charge < -0.3 is 10.2 Å². The molecule has 4 atom stereocenters. The zero-order valence-corrected chi connectivity index (χ0v) is 9.02. The van der Waals surface area contributed by atoms with Gasteiger partial charge in [-0.25, -0.2) is 0 Å². The van der Waals surface area contributed by atoms with Crippen LogP contribution >= 0.6 is 0 Å². The number of rotatable bonds is 5. The van der Waals surface area contributed by atoms with Crippen molar-refractivity contribution in [3.8, 4) is 0 Å². The zero-order valence-electron chi connectivity index (χ0n) is 9.02. The minimum atomic E-state index is -0.920. The minimum Gasteiger partial charge on any atom is -0.393 e.